The molecule has 1 heterocycles. The van der Waals surface area contributed by atoms with Crippen LogP contribution in [0, 0.1) is 11.8 Å². The quantitative estimate of drug-likeness (QED) is 0.286. The molecule has 0 aliphatic heterocycles. The van der Waals surface area contributed by atoms with E-state index in [1.54, 1.807) is 12.1 Å². The Morgan fingerprint density at radius 3 is 2.24 bits per heavy atom. The highest BCUT2D eigenvalue weighted by molar-refractivity contribution is 6.00. The normalized spacial score (nSPS) is 11.3. The van der Waals surface area contributed by atoms with Crippen molar-refractivity contribution in [3.05, 3.63) is 86.9 Å². The molecule has 1 aromatic heterocycles. The zero-order valence-electron chi connectivity index (χ0n) is 15.3. The third-order valence-corrected chi connectivity index (χ3v) is 4.38. The molecule has 0 amide bonds. The van der Waals surface area contributed by atoms with Crippen LogP contribution < -0.4 is 5.56 Å². The minimum absolute atomic E-state index is 0.0434. The Bertz CT molecular complexity index is 1150. The van der Waals surface area contributed by atoms with Crippen molar-refractivity contribution >= 4 is 17.4 Å². The van der Waals surface area contributed by atoms with Crippen molar-refractivity contribution in [3.63, 3.8) is 0 Å². The molecule has 0 radical (unpaired) electrons. The first-order chi connectivity index (χ1) is 14.0. The highest BCUT2D eigenvalue weighted by Crippen LogP contribution is 2.20. The van der Waals surface area contributed by atoms with Gasteiger partial charge in [-0.25, -0.2) is 9.78 Å². The molecular formula is C20H16N4O5. The van der Waals surface area contributed by atoms with Crippen molar-refractivity contribution in [2.75, 3.05) is 0 Å². The summed E-state index contributed by atoms with van der Waals surface area (Å²) >= 11 is 0. The van der Waals surface area contributed by atoms with Gasteiger partial charge in [0.25, 0.3) is 5.56 Å². The molecule has 9 nitrogen and oxygen atoms in total. The van der Waals surface area contributed by atoms with Crippen LogP contribution in [0.5, 0.6) is 0 Å². The van der Waals surface area contributed by atoms with Crippen molar-refractivity contribution in [2.45, 2.75) is 13.5 Å². The van der Waals surface area contributed by atoms with Gasteiger partial charge in [-0.1, -0.05) is 59.8 Å². The van der Waals surface area contributed by atoms with Crippen molar-refractivity contribution < 1.29 is 15.1 Å². The second-order valence-corrected chi connectivity index (χ2v) is 6.13. The van der Waals surface area contributed by atoms with Crippen LogP contribution >= 0.6 is 0 Å². The molecule has 0 fully saturated rings. The van der Waals surface area contributed by atoms with Gasteiger partial charge in [0.05, 0.1) is 6.54 Å². The fourth-order valence-corrected chi connectivity index (χ4v) is 2.88. The molecule has 0 bridgehead atoms. The summed E-state index contributed by atoms with van der Waals surface area (Å²) in [5.41, 5.74) is 0.210. The van der Waals surface area contributed by atoms with Crippen molar-refractivity contribution in [1.29, 1.82) is 0 Å². The molecule has 2 N–H and O–H groups in total. The van der Waals surface area contributed by atoms with Crippen LogP contribution in [0.4, 0.5) is 5.69 Å². The van der Waals surface area contributed by atoms with E-state index in [9.17, 15) is 19.7 Å². The van der Waals surface area contributed by atoms with Gasteiger partial charge in [-0.15, -0.1) is 4.91 Å². The van der Waals surface area contributed by atoms with Crippen LogP contribution in [-0.2, 0) is 6.54 Å². The average molecular weight is 392 g/mol. The molecule has 0 saturated heterocycles. The molecule has 0 saturated carbocycles. The number of aryl methyl sites for hydroxylation is 1. The Hall–Kier alpha value is -4.14. The summed E-state index contributed by atoms with van der Waals surface area (Å²) < 4.78 is 1.03. The molecule has 3 aromatic rings. The summed E-state index contributed by atoms with van der Waals surface area (Å²) in [5, 5.41) is 24.3. The number of carboxylic acid groups (broad SMARTS) is 1. The summed E-state index contributed by atoms with van der Waals surface area (Å²) in [6.45, 7) is 1.19. The number of oxime groups is 1. The zero-order chi connectivity index (χ0) is 21.0. The predicted octanol–water partition coefficient (Wildman–Crippen LogP) is 3.19. The van der Waals surface area contributed by atoms with Gasteiger partial charge in [0, 0.05) is 5.56 Å². The number of benzene rings is 2. The third-order valence-electron chi connectivity index (χ3n) is 4.38. The van der Waals surface area contributed by atoms with E-state index in [0.717, 1.165) is 15.7 Å². The van der Waals surface area contributed by atoms with Gasteiger partial charge in [-0.2, -0.15) is 0 Å². The van der Waals surface area contributed by atoms with Crippen molar-refractivity contribution in [1.82, 2.24) is 9.55 Å². The van der Waals surface area contributed by atoms with E-state index in [4.69, 9.17) is 5.11 Å². The second-order valence-electron chi connectivity index (χ2n) is 6.13. The summed E-state index contributed by atoms with van der Waals surface area (Å²) in [5.74, 6) is -1.48. The maximum Gasteiger partial charge on any atom is 0.357 e. The minimum atomic E-state index is -1.53. The highest BCUT2D eigenvalue weighted by Gasteiger charge is 2.21. The smallest absolute Gasteiger partial charge is 0.357 e. The molecule has 0 aliphatic carbocycles. The Morgan fingerprint density at radius 2 is 1.69 bits per heavy atom. The Morgan fingerprint density at radius 1 is 1.07 bits per heavy atom. The van der Waals surface area contributed by atoms with Crippen LogP contribution in [0.1, 0.15) is 21.9 Å². The predicted molar refractivity (Wildman–Crippen MR) is 106 cm³/mol. The standard InChI is InChI=1S/C20H16N4O5/c1-12-21-18(20(26)27)17(23-29)19(25)24(12)11-16(22-28)15-9-7-14(8-10-15)13-5-3-2-4-6-13/h2-10,28H,11H2,1H3,(H,26,27)/b22-16-. The Labute approximate surface area is 164 Å². The second kappa shape index (κ2) is 8.26. The summed E-state index contributed by atoms with van der Waals surface area (Å²) in [4.78, 5) is 38.4. The molecule has 146 valence electrons. The summed E-state index contributed by atoms with van der Waals surface area (Å²) in [6.07, 6.45) is 0. The van der Waals surface area contributed by atoms with Gasteiger partial charge in [-0.3, -0.25) is 9.36 Å². The monoisotopic (exact) mass is 392 g/mol. The number of hydrogen-bond acceptors (Lipinski definition) is 7. The molecule has 0 unspecified atom stereocenters. The number of aromatic carboxylic acids is 1. The van der Waals surface area contributed by atoms with Gasteiger partial charge < -0.3 is 10.3 Å². The van der Waals surface area contributed by atoms with Crippen LogP contribution in [0.25, 0.3) is 11.1 Å². The maximum atomic E-state index is 12.5. The van der Waals surface area contributed by atoms with E-state index in [-0.39, 0.29) is 18.1 Å². The fourth-order valence-electron chi connectivity index (χ4n) is 2.88. The number of nitroso groups, excluding NO2 is 1. The number of carboxylic acids is 1. The van der Waals surface area contributed by atoms with E-state index < -0.39 is 22.9 Å². The lowest BCUT2D eigenvalue weighted by Gasteiger charge is -2.12. The molecule has 0 atom stereocenters. The third kappa shape index (κ3) is 3.93. The number of carbonyl (C=O) groups is 1. The molecule has 0 aliphatic rings. The number of rotatable bonds is 6. The Kier molecular flexibility index (Phi) is 5.59. The van der Waals surface area contributed by atoms with Gasteiger partial charge in [0.1, 0.15) is 11.5 Å². The first kappa shape index (κ1) is 19.6. The van der Waals surface area contributed by atoms with E-state index in [1.165, 1.54) is 6.92 Å². The van der Waals surface area contributed by atoms with E-state index in [1.807, 2.05) is 42.5 Å². The van der Waals surface area contributed by atoms with Crippen LogP contribution in [-0.4, -0.2) is 31.5 Å². The van der Waals surface area contributed by atoms with E-state index in [0.29, 0.717) is 5.56 Å². The van der Waals surface area contributed by atoms with Crippen LogP contribution in [0.3, 0.4) is 0 Å². The van der Waals surface area contributed by atoms with E-state index >= 15 is 0 Å². The Balaban J connectivity index is 1.96. The van der Waals surface area contributed by atoms with Crippen molar-refractivity contribution in [3.8, 4) is 11.1 Å². The average Bonchev–Trinajstić information content (AvgIpc) is 2.74. The molecule has 2 aromatic carbocycles. The van der Waals surface area contributed by atoms with Gasteiger partial charge >= 0.3 is 5.97 Å². The van der Waals surface area contributed by atoms with Gasteiger partial charge in [0.15, 0.2) is 5.69 Å². The topological polar surface area (TPSA) is 134 Å². The number of hydrogen-bond donors (Lipinski definition) is 2. The lowest BCUT2D eigenvalue weighted by atomic mass is 10.0. The van der Waals surface area contributed by atoms with Gasteiger partial charge in [-0.05, 0) is 23.2 Å². The molecule has 0 spiro atoms. The van der Waals surface area contributed by atoms with Crippen LogP contribution in [0.2, 0.25) is 0 Å². The summed E-state index contributed by atoms with van der Waals surface area (Å²) in [7, 11) is 0. The first-order valence-electron chi connectivity index (χ1n) is 8.51. The molecular weight excluding hydrogens is 376 g/mol. The lowest BCUT2D eigenvalue weighted by Crippen LogP contribution is -2.29. The molecule has 9 heteroatoms. The highest BCUT2D eigenvalue weighted by atomic mass is 16.4. The molecule has 29 heavy (non-hydrogen) atoms. The SMILES string of the molecule is Cc1nc(C(=O)O)c(N=O)c(=O)n1C/C(=N/O)c1ccc(-c2ccccc2)cc1. The van der Waals surface area contributed by atoms with E-state index in [2.05, 4.69) is 15.3 Å². The van der Waals surface area contributed by atoms with Crippen LogP contribution in [0.15, 0.2) is 69.7 Å². The number of nitrogens with zero attached hydrogens (tertiary/aromatic N) is 4. The summed E-state index contributed by atoms with van der Waals surface area (Å²) in [6, 6.07) is 16.8. The number of aromatic nitrogens is 2. The largest absolute Gasteiger partial charge is 0.476 e. The zero-order valence-corrected chi connectivity index (χ0v) is 15.3. The lowest BCUT2D eigenvalue weighted by molar-refractivity contribution is 0.0690. The molecule has 3 rings (SSSR count). The van der Waals surface area contributed by atoms with Gasteiger partial charge in [0.2, 0.25) is 5.69 Å². The minimum Gasteiger partial charge on any atom is -0.476 e. The first-order valence-corrected chi connectivity index (χ1v) is 8.51. The fraction of sp³-hybridized carbons (Fsp3) is 0.100. The maximum absolute atomic E-state index is 12.5. The van der Waals surface area contributed by atoms with Crippen molar-refractivity contribution in [2.24, 2.45) is 10.3 Å².